The lowest BCUT2D eigenvalue weighted by Gasteiger charge is -2.37. The van der Waals surface area contributed by atoms with Crippen LogP contribution in [-0.2, 0) is 9.47 Å². The topological polar surface area (TPSA) is 84.4 Å². The van der Waals surface area contributed by atoms with Gasteiger partial charge in [0.1, 0.15) is 11.9 Å². The summed E-state index contributed by atoms with van der Waals surface area (Å²) in [4.78, 5) is 19.2. The van der Waals surface area contributed by atoms with Crippen molar-refractivity contribution in [2.75, 3.05) is 53.0 Å². The van der Waals surface area contributed by atoms with E-state index in [4.69, 9.17) is 19.2 Å². The predicted octanol–water partition coefficient (Wildman–Crippen LogP) is 1.27. The van der Waals surface area contributed by atoms with Crippen LogP contribution in [0.15, 0.2) is 29.3 Å². The van der Waals surface area contributed by atoms with Crippen LogP contribution in [0, 0.1) is 0 Å². The van der Waals surface area contributed by atoms with Crippen molar-refractivity contribution in [1.82, 2.24) is 15.5 Å². The van der Waals surface area contributed by atoms with E-state index in [0.29, 0.717) is 31.0 Å². The summed E-state index contributed by atoms with van der Waals surface area (Å²) in [5.41, 5.74) is 0.577. The van der Waals surface area contributed by atoms with Gasteiger partial charge < -0.3 is 29.7 Å². The van der Waals surface area contributed by atoms with E-state index in [9.17, 15) is 4.79 Å². The average Bonchev–Trinajstić information content (AvgIpc) is 3.31. The number of carbonyl (C=O) groups excluding carboxylic acids is 1. The summed E-state index contributed by atoms with van der Waals surface area (Å²) in [6.45, 7) is 6.87. The van der Waals surface area contributed by atoms with Gasteiger partial charge in [-0.2, -0.15) is 0 Å². The van der Waals surface area contributed by atoms with Gasteiger partial charge in [0.25, 0.3) is 5.91 Å². The SMILES string of the molecule is CCNC(=NCCNC(=O)c1cccc(OC)c1)N1CCOC(C2CCCO2)C1. The number of nitrogens with zero attached hydrogens (tertiary/aromatic N) is 2. The van der Waals surface area contributed by atoms with Crippen molar-refractivity contribution >= 4 is 11.9 Å². The van der Waals surface area contributed by atoms with Gasteiger partial charge in [0.2, 0.25) is 0 Å². The number of hydrogen-bond donors (Lipinski definition) is 2. The Morgan fingerprint density at radius 3 is 2.90 bits per heavy atom. The van der Waals surface area contributed by atoms with Crippen LogP contribution < -0.4 is 15.4 Å². The summed E-state index contributed by atoms with van der Waals surface area (Å²) >= 11 is 0. The molecule has 0 bridgehead atoms. The molecular weight excluding hydrogens is 372 g/mol. The van der Waals surface area contributed by atoms with Gasteiger partial charge in [0.15, 0.2) is 5.96 Å². The number of rotatable bonds is 7. The third-order valence-corrected chi connectivity index (χ3v) is 5.10. The molecule has 1 aromatic carbocycles. The van der Waals surface area contributed by atoms with Gasteiger partial charge >= 0.3 is 0 Å². The highest BCUT2D eigenvalue weighted by molar-refractivity contribution is 5.94. The summed E-state index contributed by atoms with van der Waals surface area (Å²) in [6.07, 6.45) is 2.43. The molecule has 2 aliphatic rings. The van der Waals surface area contributed by atoms with Crippen LogP contribution in [0.25, 0.3) is 0 Å². The molecule has 2 heterocycles. The third kappa shape index (κ3) is 6.08. The van der Waals surface area contributed by atoms with Crippen LogP contribution in [0.2, 0.25) is 0 Å². The zero-order chi connectivity index (χ0) is 20.5. The number of methoxy groups -OCH3 is 1. The standard InChI is InChI=1S/C21H32N4O4/c1-3-22-21(25-11-13-29-19(15-25)18-8-5-12-28-18)24-10-9-23-20(26)16-6-4-7-17(14-16)27-2/h4,6-7,14,18-19H,3,5,8-13,15H2,1-2H3,(H,22,24)(H,23,26). The maximum Gasteiger partial charge on any atom is 0.251 e. The van der Waals surface area contributed by atoms with E-state index in [1.165, 1.54) is 0 Å². The Bertz CT molecular complexity index is 691. The maximum absolute atomic E-state index is 12.3. The molecule has 2 unspecified atom stereocenters. The molecule has 1 aromatic rings. The first kappa shape index (κ1) is 21.4. The minimum absolute atomic E-state index is 0.0860. The molecule has 0 saturated carbocycles. The van der Waals surface area contributed by atoms with Crippen LogP contribution in [-0.4, -0.2) is 82.0 Å². The lowest BCUT2D eigenvalue weighted by molar-refractivity contribution is -0.0817. The van der Waals surface area contributed by atoms with Crippen molar-refractivity contribution < 1.29 is 19.0 Å². The summed E-state index contributed by atoms with van der Waals surface area (Å²) < 4.78 is 16.9. The molecule has 0 radical (unpaired) electrons. The molecule has 0 spiro atoms. The molecule has 2 aliphatic heterocycles. The maximum atomic E-state index is 12.3. The lowest BCUT2D eigenvalue weighted by Crippen LogP contribution is -2.53. The molecular formula is C21H32N4O4. The second kappa shape index (κ2) is 11.0. The molecule has 2 N–H and O–H groups in total. The molecule has 1 amide bonds. The minimum atomic E-state index is -0.131. The molecule has 2 atom stereocenters. The van der Waals surface area contributed by atoms with Gasteiger partial charge in [-0.3, -0.25) is 9.79 Å². The zero-order valence-corrected chi connectivity index (χ0v) is 17.4. The van der Waals surface area contributed by atoms with E-state index in [2.05, 4.69) is 22.5 Å². The minimum Gasteiger partial charge on any atom is -0.497 e. The first-order valence-electron chi connectivity index (χ1n) is 10.4. The Labute approximate surface area is 172 Å². The predicted molar refractivity (Wildman–Crippen MR) is 112 cm³/mol. The molecule has 2 saturated heterocycles. The highest BCUT2D eigenvalue weighted by Crippen LogP contribution is 2.21. The van der Waals surface area contributed by atoms with Crippen LogP contribution in [0.4, 0.5) is 0 Å². The average molecular weight is 405 g/mol. The summed E-state index contributed by atoms with van der Waals surface area (Å²) in [5.74, 6) is 1.39. The van der Waals surface area contributed by atoms with Crippen molar-refractivity contribution in [3.8, 4) is 5.75 Å². The third-order valence-electron chi connectivity index (χ3n) is 5.10. The zero-order valence-electron chi connectivity index (χ0n) is 17.4. The molecule has 2 fully saturated rings. The first-order chi connectivity index (χ1) is 14.2. The number of ether oxygens (including phenoxy) is 3. The van der Waals surface area contributed by atoms with Crippen LogP contribution >= 0.6 is 0 Å². The Morgan fingerprint density at radius 1 is 1.28 bits per heavy atom. The van der Waals surface area contributed by atoms with Crippen LogP contribution in [0.3, 0.4) is 0 Å². The highest BCUT2D eigenvalue weighted by atomic mass is 16.5. The van der Waals surface area contributed by atoms with E-state index >= 15 is 0 Å². The van der Waals surface area contributed by atoms with Gasteiger partial charge in [-0.05, 0) is 38.0 Å². The smallest absolute Gasteiger partial charge is 0.251 e. The van der Waals surface area contributed by atoms with Crippen molar-refractivity contribution in [3.63, 3.8) is 0 Å². The molecule has 29 heavy (non-hydrogen) atoms. The quantitative estimate of drug-likeness (QED) is 0.405. The van der Waals surface area contributed by atoms with E-state index in [1.807, 2.05) is 6.07 Å². The van der Waals surface area contributed by atoms with Gasteiger partial charge in [0, 0.05) is 38.3 Å². The van der Waals surface area contributed by atoms with Crippen molar-refractivity contribution in [2.24, 2.45) is 4.99 Å². The Morgan fingerprint density at radius 2 is 2.14 bits per heavy atom. The lowest BCUT2D eigenvalue weighted by atomic mass is 10.1. The number of guanidine groups is 1. The molecule has 8 heteroatoms. The monoisotopic (exact) mass is 404 g/mol. The molecule has 3 rings (SSSR count). The molecule has 0 aromatic heterocycles. The Balaban J connectivity index is 1.51. The van der Waals surface area contributed by atoms with Gasteiger partial charge in [-0.25, -0.2) is 0 Å². The number of morpholine rings is 1. The second-order valence-electron chi connectivity index (χ2n) is 7.13. The number of nitrogens with one attached hydrogen (secondary N) is 2. The molecule has 8 nitrogen and oxygen atoms in total. The fourth-order valence-electron chi connectivity index (χ4n) is 3.61. The van der Waals surface area contributed by atoms with Gasteiger partial charge in [-0.15, -0.1) is 0 Å². The summed E-state index contributed by atoms with van der Waals surface area (Å²) in [5, 5.41) is 6.26. The van der Waals surface area contributed by atoms with E-state index in [-0.39, 0.29) is 18.1 Å². The van der Waals surface area contributed by atoms with Crippen molar-refractivity contribution in [1.29, 1.82) is 0 Å². The first-order valence-corrected chi connectivity index (χ1v) is 10.4. The molecule has 160 valence electrons. The number of hydrogen-bond acceptors (Lipinski definition) is 5. The van der Waals surface area contributed by atoms with Crippen LogP contribution in [0.5, 0.6) is 5.75 Å². The highest BCUT2D eigenvalue weighted by Gasteiger charge is 2.32. The van der Waals surface area contributed by atoms with E-state index < -0.39 is 0 Å². The normalized spacial score (nSPS) is 22.4. The largest absolute Gasteiger partial charge is 0.497 e. The van der Waals surface area contributed by atoms with E-state index in [1.54, 1.807) is 25.3 Å². The number of benzene rings is 1. The molecule has 0 aliphatic carbocycles. The summed E-state index contributed by atoms with van der Waals surface area (Å²) in [7, 11) is 1.59. The second-order valence-corrected chi connectivity index (χ2v) is 7.13. The van der Waals surface area contributed by atoms with Gasteiger partial charge in [-0.1, -0.05) is 6.07 Å². The Kier molecular flexibility index (Phi) is 8.13. The number of amides is 1. The van der Waals surface area contributed by atoms with Gasteiger partial charge in [0.05, 0.1) is 26.4 Å². The van der Waals surface area contributed by atoms with Crippen molar-refractivity contribution in [3.05, 3.63) is 29.8 Å². The fraction of sp³-hybridized carbons (Fsp3) is 0.619. The van der Waals surface area contributed by atoms with Crippen LogP contribution in [0.1, 0.15) is 30.1 Å². The summed E-state index contributed by atoms with van der Waals surface area (Å²) in [6, 6.07) is 7.11. The number of carbonyl (C=O) groups is 1. The fourth-order valence-corrected chi connectivity index (χ4v) is 3.61. The van der Waals surface area contributed by atoms with E-state index in [0.717, 1.165) is 45.0 Å². The Hall–Kier alpha value is -2.32. The number of aliphatic imine (C=N–C) groups is 1. The van der Waals surface area contributed by atoms with Crippen molar-refractivity contribution in [2.45, 2.75) is 32.0 Å².